The molecule has 172 valence electrons. The lowest BCUT2D eigenvalue weighted by molar-refractivity contribution is -0.144. The van der Waals surface area contributed by atoms with E-state index in [2.05, 4.69) is 13.8 Å². The Morgan fingerprint density at radius 2 is 1.24 bits per heavy atom. The van der Waals surface area contributed by atoms with E-state index in [1.807, 2.05) is 0 Å². The number of carbonyl (C=O) groups is 2. The molecule has 0 aromatic rings. The first-order valence-corrected chi connectivity index (χ1v) is 12.5. The van der Waals surface area contributed by atoms with Crippen molar-refractivity contribution in [3.63, 3.8) is 0 Å². The van der Waals surface area contributed by atoms with E-state index in [0.29, 0.717) is 25.4 Å². The number of carbonyl (C=O) groups excluding carboxylic acids is 1. The van der Waals surface area contributed by atoms with Crippen LogP contribution < -0.4 is 0 Å². The highest BCUT2D eigenvalue weighted by Gasteiger charge is 2.10. The van der Waals surface area contributed by atoms with E-state index in [-0.39, 0.29) is 5.97 Å². The molecular weight excluding hydrogens is 364 g/mol. The van der Waals surface area contributed by atoms with Gasteiger partial charge in [-0.3, -0.25) is 9.59 Å². The van der Waals surface area contributed by atoms with Gasteiger partial charge in [0, 0.05) is 12.8 Å². The summed E-state index contributed by atoms with van der Waals surface area (Å²) in [7, 11) is 0. The Hall–Kier alpha value is -1.06. The summed E-state index contributed by atoms with van der Waals surface area (Å²) in [5, 5.41) is 8.86. The van der Waals surface area contributed by atoms with Crippen molar-refractivity contribution < 1.29 is 19.4 Å². The number of carboxylic acid groups (broad SMARTS) is 1. The standard InChI is InChI=1S/C25H48O4/c1-3-5-6-15-18-21-29-25(28)20-17-14-12-10-8-7-9-11-13-16-19-23(4-2)22-24(26)27/h23H,3-22H2,1-2H3,(H,26,27). The first-order chi connectivity index (χ1) is 14.1. The Kier molecular flexibility index (Phi) is 20.9. The number of ether oxygens (including phenoxy) is 1. The van der Waals surface area contributed by atoms with Crippen LogP contribution in [0.3, 0.4) is 0 Å². The van der Waals surface area contributed by atoms with E-state index < -0.39 is 5.97 Å². The van der Waals surface area contributed by atoms with E-state index in [0.717, 1.165) is 32.1 Å². The summed E-state index contributed by atoms with van der Waals surface area (Å²) in [6.07, 6.45) is 21.0. The predicted molar refractivity (Wildman–Crippen MR) is 121 cm³/mol. The minimum atomic E-state index is -0.661. The Morgan fingerprint density at radius 1 is 0.724 bits per heavy atom. The molecule has 0 aliphatic carbocycles. The van der Waals surface area contributed by atoms with Crippen molar-refractivity contribution >= 4 is 11.9 Å². The van der Waals surface area contributed by atoms with Gasteiger partial charge in [0.05, 0.1) is 6.61 Å². The Bertz CT molecular complexity index is 381. The van der Waals surface area contributed by atoms with Gasteiger partial charge in [-0.15, -0.1) is 0 Å². The fourth-order valence-corrected chi connectivity index (χ4v) is 3.78. The molecule has 1 atom stereocenters. The lowest BCUT2D eigenvalue weighted by Crippen LogP contribution is -2.06. The molecule has 4 heteroatoms. The van der Waals surface area contributed by atoms with Crippen LogP contribution in [-0.4, -0.2) is 23.7 Å². The molecule has 0 bridgehead atoms. The van der Waals surface area contributed by atoms with Gasteiger partial charge in [-0.05, 0) is 25.2 Å². The van der Waals surface area contributed by atoms with Crippen molar-refractivity contribution in [2.24, 2.45) is 5.92 Å². The maximum Gasteiger partial charge on any atom is 0.305 e. The zero-order chi connectivity index (χ0) is 21.6. The fraction of sp³-hybridized carbons (Fsp3) is 0.920. The molecule has 0 aliphatic heterocycles. The van der Waals surface area contributed by atoms with Gasteiger partial charge < -0.3 is 9.84 Å². The maximum atomic E-state index is 11.7. The summed E-state index contributed by atoms with van der Waals surface area (Å²) in [6, 6.07) is 0. The molecular formula is C25H48O4. The average Bonchev–Trinajstić information content (AvgIpc) is 2.70. The number of esters is 1. The quantitative estimate of drug-likeness (QED) is 0.146. The normalized spacial score (nSPS) is 12.1. The number of unbranched alkanes of at least 4 members (excludes halogenated alkanes) is 13. The van der Waals surface area contributed by atoms with Crippen LogP contribution in [0.2, 0.25) is 0 Å². The van der Waals surface area contributed by atoms with Crippen molar-refractivity contribution in [2.75, 3.05) is 6.61 Å². The molecule has 0 spiro atoms. The van der Waals surface area contributed by atoms with Crippen molar-refractivity contribution in [2.45, 2.75) is 136 Å². The molecule has 29 heavy (non-hydrogen) atoms. The topological polar surface area (TPSA) is 63.6 Å². The fourth-order valence-electron chi connectivity index (χ4n) is 3.78. The largest absolute Gasteiger partial charge is 0.481 e. The Balaban J connectivity index is 3.27. The van der Waals surface area contributed by atoms with Gasteiger partial charge in [0.15, 0.2) is 0 Å². The van der Waals surface area contributed by atoms with Crippen molar-refractivity contribution in [3.8, 4) is 0 Å². The maximum absolute atomic E-state index is 11.7. The summed E-state index contributed by atoms with van der Waals surface area (Å²) in [4.78, 5) is 22.4. The lowest BCUT2D eigenvalue weighted by atomic mass is 9.95. The van der Waals surface area contributed by atoms with E-state index in [1.165, 1.54) is 77.0 Å². The molecule has 0 aliphatic rings. The van der Waals surface area contributed by atoms with Crippen LogP contribution in [0.15, 0.2) is 0 Å². The first kappa shape index (κ1) is 27.9. The van der Waals surface area contributed by atoms with Crippen LogP contribution in [0.1, 0.15) is 136 Å². The molecule has 1 N–H and O–H groups in total. The Labute approximate surface area is 180 Å². The third-order valence-corrected chi connectivity index (χ3v) is 5.79. The van der Waals surface area contributed by atoms with Crippen molar-refractivity contribution in [1.29, 1.82) is 0 Å². The lowest BCUT2D eigenvalue weighted by Gasteiger charge is -2.11. The molecule has 0 rings (SSSR count). The smallest absolute Gasteiger partial charge is 0.305 e. The van der Waals surface area contributed by atoms with Crippen LogP contribution in [0.5, 0.6) is 0 Å². The van der Waals surface area contributed by atoms with Crippen LogP contribution in [0.4, 0.5) is 0 Å². The summed E-state index contributed by atoms with van der Waals surface area (Å²) in [5.74, 6) is -0.323. The molecule has 4 nitrogen and oxygen atoms in total. The molecule has 0 aromatic carbocycles. The van der Waals surface area contributed by atoms with Crippen molar-refractivity contribution in [1.82, 2.24) is 0 Å². The second kappa shape index (κ2) is 21.6. The average molecular weight is 413 g/mol. The van der Waals surface area contributed by atoms with Crippen LogP contribution in [0.25, 0.3) is 0 Å². The van der Waals surface area contributed by atoms with E-state index in [4.69, 9.17) is 9.84 Å². The van der Waals surface area contributed by atoms with Gasteiger partial charge in [0.1, 0.15) is 0 Å². The number of rotatable bonds is 22. The van der Waals surface area contributed by atoms with E-state index in [1.54, 1.807) is 0 Å². The highest BCUT2D eigenvalue weighted by Crippen LogP contribution is 2.18. The third-order valence-electron chi connectivity index (χ3n) is 5.79. The second-order valence-corrected chi connectivity index (χ2v) is 8.58. The van der Waals surface area contributed by atoms with Crippen LogP contribution in [0, 0.1) is 5.92 Å². The predicted octanol–water partition coefficient (Wildman–Crippen LogP) is 7.68. The summed E-state index contributed by atoms with van der Waals surface area (Å²) in [5.41, 5.74) is 0. The zero-order valence-corrected chi connectivity index (χ0v) is 19.4. The molecule has 0 saturated carbocycles. The van der Waals surface area contributed by atoms with Gasteiger partial charge in [0.2, 0.25) is 0 Å². The van der Waals surface area contributed by atoms with Crippen molar-refractivity contribution in [3.05, 3.63) is 0 Å². The minimum Gasteiger partial charge on any atom is -0.481 e. The molecule has 0 saturated heterocycles. The molecule has 0 fully saturated rings. The number of hydrogen-bond donors (Lipinski definition) is 1. The molecule has 0 heterocycles. The Morgan fingerprint density at radius 3 is 1.79 bits per heavy atom. The minimum absolute atomic E-state index is 0.0193. The summed E-state index contributed by atoms with van der Waals surface area (Å²) in [6.45, 7) is 4.89. The van der Waals surface area contributed by atoms with Gasteiger partial charge >= 0.3 is 11.9 Å². The molecule has 0 aromatic heterocycles. The monoisotopic (exact) mass is 412 g/mol. The van der Waals surface area contributed by atoms with Gasteiger partial charge in [-0.1, -0.05) is 104 Å². The SMILES string of the molecule is CCCCCCCOC(=O)CCCCCCCCCCCCC(CC)CC(=O)O. The van der Waals surface area contributed by atoms with Gasteiger partial charge in [-0.25, -0.2) is 0 Å². The highest BCUT2D eigenvalue weighted by molar-refractivity contribution is 5.69. The zero-order valence-electron chi connectivity index (χ0n) is 19.4. The number of hydrogen-bond acceptors (Lipinski definition) is 3. The third kappa shape index (κ3) is 21.5. The van der Waals surface area contributed by atoms with Crippen LogP contribution in [-0.2, 0) is 14.3 Å². The number of aliphatic carboxylic acids is 1. The highest BCUT2D eigenvalue weighted by atomic mass is 16.5. The summed E-state index contributed by atoms with van der Waals surface area (Å²) >= 11 is 0. The second-order valence-electron chi connectivity index (χ2n) is 8.58. The number of carboxylic acids is 1. The van der Waals surface area contributed by atoms with E-state index in [9.17, 15) is 9.59 Å². The molecule has 1 unspecified atom stereocenters. The molecule has 0 amide bonds. The first-order valence-electron chi connectivity index (χ1n) is 12.5. The van der Waals surface area contributed by atoms with E-state index >= 15 is 0 Å². The van der Waals surface area contributed by atoms with Gasteiger partial charge in [0.25, 0.3) is 0 Å². The van der Waals surface area contributed by atoms with Crippen LogP contribution >= 0.6 is 0 Å². The summed E-state index contributed by atoms with van der Waals surface area (Å²) < 4.78 is 5.29. The van der Waals surface area contributed by atoms with Gasteiger partial charge in [-0.2, -0.15) is 0 Å². The molecule has 0 radical (unpaired) electrons.